The summed E-state index contributed by atoms with van der Waals surface area (Å²) in [6.07, 6.45) is 0.590. The minimum absolute atomic E-state index is 0.0318. The van der Waals surface area contributed by atoms with Crippen LogP contribution in [0, 0.1) is 0 Å². The first-order valence-electron chi connectivity index (χ1n) is 24.5. The van der Waals surface area contributed by atoms with Gasteiger partial charge >= 0.3 is 0 Å². The fourth-order valence-corrected chi connectivity index (χ4v) is 9.49. The van der Waals surface area contributed by atoms with Crippen molar-refractivity contribution in [3.05, 3.63) is 115 Å². The van der Waals surface area contributed by atoms with Crippen LogP contribution < -0.4 is 52.1 Å². The van der Waals surface area contributed by atoms with Crippen LogP contribution in [0.1, 0.15) is 29.9 Å². The monoisotopic (exact) mass is 1090 g/mol. The van der Waals surface area contributed by atoms with Gasteiger partial charge in [-0.15, -0.1) is 11.3 Å². The lowest BCUT2D eigenvalue weighted by Crippen LogP contribution is -2.09. The molecule has 19 nitrogen and oxygen atoms in total. The molecule has 79 heavy (non-hydrogen) atoms. The van der Waals surface area contributed by atoms with Crippen LogP contribution in [0.25, 0.3) is 65.8 Å². The van der Waals surface area contributed by atoms with Crippen molar-refractivity contribution in [3.8, 4) is 125 Å². The summed E-state index contributed by atoms with van der Waals surface area (Å²) in [7, 11) is 13.9. The highest BCUT2D eigenvalue weighted by molar-refractivity contribution is 7.21. The van der Waals surface area contributed by atoms with Gasteiger partial charge in [0.1, 0.15) is 5.01 Å². The van der Waals surface area contributed by atoms with Crippen LogP contribution in [-0.2, 0) is 0 Å². The van der Waals surface area contributed by atoms with Crippen LogP contribution in [-0.4, -0.2) is 119 Å². The third kappa shape index (κ3) is 12.1. The smallest absolute Gasteiger partial charge is 0.244 e. The summed E-state index contributed by atoms with van der Waals surface area (Å²) in [5, 5.41) is 20.1. The van der Waals surface area contributed by atoms with Crippen molar-refractivity contribution in [1.82, 2.24) is 24.5 Å². The predicted octanol–water partition coefficient (Wildman–Crippen LogP) is 11.7. The van der Waals surface area contributed by atoms with Crippen molar-refractivity contribution in [1.29, 1.82) is 0 Å². The molecule has 410 valence electrons. The summed E-state index contributed by atoms with van der Waals surface area (Å²) in [6.45, 7) is 3.63. The average Bonchev–Trinajstić information content (AvgIpc) is 4.40. The van der Waals surface area contributed by atoms with E-state index in [0.717, 1.165) is 26.4 Å². The Morgan fingerprint density at radius 1 is 0.456 bits per heavy atom. The number of methoxy groups -OCH3 is 9. The third-order valence-corrected chi connectivity index (χ3v) is 13.5. The molecule has 9 aromatic rings. The second-order valence-corrected chi connectivity index (χ2v) is 18.2. The molecule has 6 aromatic carbocycles. The second-order valence-electron chi connectivity index (χ2n) is 17.2. The molecule has 0 radical (unpaired) electrons. The van der Waals surface area contributed by atoms with Crippen LogP contribution in [0.2, 0.25) is 0 Å². The topological polar surface area (TPSA) is 204 Å². The van der Waals surface area contributed by atoms with Crippen molar-refractivity contribution >= 4 is 33.4 Å². The summed E-state index contributed by atoms with van der Waals surface area (Å²) in [5.74, 6) is 4.96. The van der Waals surface area contributed by atoms with Crippen LogP contribution in [0.4, 0.5) is 0 Å². The Morgan fingerprint density at radius 3 is 1.35 bits per heavy atom. The van der Waals surface area contributed by atoms with Gasteiger partial charge in [0, 0.05) is 48.1 Å². The van der Waals surface area contributed by atoms with E-state index < -0.39 is 0 Å². The number of para-hydroxylation sites is 1. The molecule has 0 fully saturated rings. The molecule has 0 amide bonds. The Morgan fingerprint density at radius 2 is 0.886 bits per heavy atom. The molecule has 3 heterocycles. The molecule has 0 bridgehead atoms. The molecule has 0 atom stereocenters. The number of thiazole rings is 1. The number of carbonyl (C=O) groups excluding carboxylic acids is 2. The summed E-state index contributed by atoms with van der Waals surface area (Å²) in [4.78, 5) is 29.7. The number of aromatic hydroxyl groups is 1. The molecule has 0 saturated heterocycles. The fraction of sp³-hybridized carbons (Fsp3) is 0.237. The van der Waals surface area contributed by atoms with Gasteiger partial charge in [0.05, 0.1) is 110 Å². The first-order valence-corrected chi connectivity index (χ1v) is 25.3. The first kappa shape index (κ1) is 55.8. The number of benzene rings is 6. The maximum Gasteiger partial charge on any atom is 0.244 e. The number of hydrogen-bond acceptors (Lipinski definition) is 18. The Kier molecular flexibility index (Phi) is 17.8. The van der Waals surface area contributed by atoms with Crippen LogP contribution in [0.15, 0.2) is 115 Å². The molecule has 0 spiro atoms. The van der Waals surface area contributed by atoms with Crippen molar-refractivity contribution in [3.63, 3.8) is 0 Å². The Labute approximate surface area is 460 Å². The van der Waals surface area contributed by atoms with E-state index in [1.807, 2.05) is 54.6 Å². The Hall–Kier alpha value is -9.43. The molecule has 20 heteroatoms. The lowest BCUT2D eigenvalue weighted by atomic mass is 10.1. The van der Waals surface area contributed by atoms with Gasteiger partial charge in [0.15, 0.2) is 57.5 Å². The maximum absolute atomic E-state index is 12.7. The zero-order valence-electron chi connectivity index (χ0n) is 45.5. The number of phenols is 1. The van der Waals surface area contributed by atoms with Gasteiger partial charge in [-0.2, -0.15) is 19.6 Å². The molecule has 1 N–H and O–H groups in total. The highest BCUT2D eigenvalue weighted by Crippen LogP contribution is 2.44. The minimum Gasteiger partial charge on any atom is -0.504 e. The summed E-state index contributed by atoms with van der Waals surface area (Å²) in [6, 6.07) is 34.9. The number of hydrogen-bond donors (Lipinski definition) is 1. The van der Waals surface area contributed by atoms with Crippen LogP contribution in [0.5, 0.6) is 69.0 Å². The fourth-order valence-electron chi connectivity index (χ4n) is 8.53. The molecule has 0 saturated carbocycles. The molecule has 3 aromatic heterocycles. The maximum atomic E-state index is 12.7. The van der Waals surface area contributed by atoms with Gasteiger partial charge in [-0.25, -0.2) is 4.98 Å². The molecule has 0 unspecified atom stereocenters. The van der Waals surface area contributed by atoms with E-state index in [1.54, 1.807) is 95.4 Å². The van der Waals surface area contributed by atoms with E-state index in [1.165, 1.54) is 57.7 Å². The van der Waals surface area contributed by atoms with Gasteiger partial charge in [-0.05, 0) is 103 Å². The van der Waals surface area contributed by atoms with E-state index in [-0.39, 0.29) is 17.6 Å². The molecular formula is C59H59N5O14S. The SMILES string of the molecule is COc1cc(-c2nc3ccccc3s2)ccc1OCCCOc1cc(-c2cc(-c3cc(OC)c(OC)c(OC)c3)nn2C(C)=O)ccc1OC.COc1ccc(-c2cc(-c3cc(OC)c(OC)c(OC)c3)nn2C(C)=O)cc1O. The van der Waals surface area contributed by atoms with E-state index in [4.69, 9.17) is 57.1 Å². The summed E-state index contributed by atoms with van der Waals surface area (Å²) in [5.41, 5.74) is 6.83. The number of phenolic OH excluding ortho intramolecular Hbond substituents is 1. The van der Waals surface area contributed by atoms with Crippen molar-refractivity contribution in [2.24, 2.45) is 0 Å². The number of rotatable bonds is 20. The Bertz CT molecular complexity index is 3560. The van der Waals surface area contributed by atoms with Gasteiger partial charge in [0.25, 0.3) is 0 Å². The van der Waals surface area contributed by atoms with E-state index in [9.17, 15) is 14.7 Å². The Balaban J connectivity index is 0.000000240. The lowest BCUT2D eigenvalue weighted by Gasteiger charge is -2.14. The van der Waals surface area contributed by atoms with Gasteiger partial charge in [-0.3, -0.25) is 9.59 Å². The molecule has 0 aliphatic heterocycles. The zero-order valence-corrected chi connectivity index (χ0v) is 46.3. The highest BCUT2D eigenvalue weighted by atomic mass is 32.1. The highest BCUT2D eigenvalue weighted by Gasteiger charge is 2.23. The molecule has 9 rings (SSSR count). The van der Waals surface area contributed by atoms with Gasteiger partial charge in [0.2, 0.25) is 23.3 Å². The third-order valence-electron chi connectivity index (χ3n) is 12.4. The normalized spacial score (nSPS) is 10.8. The summed E-state index contributed by atoms with van der Waals surface area (Å²) >= 11 is 1.64. The average molecular weight is 1090 g/mol. The minimum atomic E-state index is -0.269. The number of aromatic nitrogens is 5. The quantitative estimate of drug-likeness (QED) is 0.0705. The van der Waals surface area contributed by atoms with E-state index in [2.05, 4.69) is 16.3 Å². The van der Waals surface area contributed by atoms with Crippen molar-refractivity contribution in [2.45, 2.75) is 20.3 Å². The number of ether oxygens (including phenoxy) is 11. The van der Waals surface area contributed by atoms with Gasteiger partial charge in [-0.1, -0.05) is 12.1 Å². The predicted molar refractivity (Wildman–Crippen MR) is 300 cm³/mol. The molecule has 0 aliphatic rings. The summed E-state index contributed by atoms with van der Waals surface area (Å²) < 4.78 is 64.9. The standard InChI is InChI=1S/C38H37N3O8S.C21H22N2O6/c1-23(42)41-29(22-28(40-41)26-20-34(45-4)37(47-6)35(21-26)46-5)24-12-14-30(43-2)33(18-24)49-17-9-16-48-31-15-13-25(19-32(31)44-3)38-39-27-10-7-8-11-36(27)50-38;1-12(24)23-16(13-6-7-18(26-2)17(25)8-13)11-15(22-23)14-9-19(27-3)21(29-5)20(10-14)28-4/h7-8,10-15,18-22H,9,16-17H2,1-6H3;6-11,25H,1-5H3. The van der Waals surface area contributed by atoms with Crippen molar-refractivity contribution in [2.75, 3.05) is 77.2 Å². The lowest BCUT2D eigenvalue weighted by molar-refractivity contribution is 0.0915. The second kappa shape index (κ2) is 25.2. The number of nitrogens with zero attached hydrogens (tertiary/aromatic N) is 5. The molecular weight excluding hydrogens is 1030 g/mol. The van der Waals surface area contributed by atoms with E-state index in [0.29, 0.717) is 122 Å². The number of fused-ring (bicyclic) bond motifs is 1. The number of carbonyl (C=O) groups is 2. The zero-order chi connectivity index (χ0) is 56.3. The van der Waals surface area contributed by atoms with Crippen LogP contribution >= 0.6 is 11.3 Å². The van der Waals surface area contributed by atoms with Crippen LogP contribution in [0.3, 0.4) is 0 Å². The first-order chi connectivity index (χ1) is 38.3. The van der Waals surface area contributed by atoms with E-state index >= 15 is 0 Å². The molecule has 0 aliphatic carbocycles. The van der Waals surface area contributed by atoms with Gasteiger partial charge < -0.3 is 57.2 Å². The largest absolute Gasteiger partial charge is 0.504 e. The van der Waals surface area contributed by atoms with Crippen molar-refractivity contribution < 1.29 is 66.8 Å².